The van der Waals surface area contributed by atoms with E-state index in [4.69, 9.17) is 0 Å². The molecule has 1 aromatic rings. The highest BCUT2D eigenvalue weighted by molar-refractivity contribution is 5.84. The van der Waals surface area contributed by atoms with Crippen molar-refractivity contribution in [3.8, 4) is 0 Å². The molecule has 1 rings (SSSR count). The van der Waals surface area contributed by atoms with Crippen molar-refractivity contribution in [2.24, 2.45) is 0 Å². The number of hydrogen-bond donors (Lipinski definition) is 0. The summed E-state index contributed by atoms with van der Waals surface area (Å²) >= 11 is 0. The highest BCUT2D eigenvalue weighted by atomic mass is 16.1. The van der Waals surface area contributed by atoms with Crippen LogP contribution in [0.1, 0.15) is 11.6 Å². The van der Waals surface area contributed by atoms with E-state index >= 15 is 0 Å². The van der Waals surface area contributed by atoms with Crippen LogP contribution in [0.4, 0.5) is 0 Å². The van der Waals surface area contributed by atoms with Crippen LogP contribution in [0.15, 0.2) is 18.6 Å². The Labute approximate surface area is 63.3 Å². The fraction of sp³-hybridized carbons (Fsp3) is 0.143. The molecule has 0 unspecified atom stereocenters. The molecule has 0 atom stereocenters. The minimum atomic E-state index is -0.752. The molecule has 0 amide bonds. The van der Waals surface area contributed by atoms with Gasteiger partial charge in [0.05, 0.1) is 5.69 Å². The van der Waals surface area contributed by atoms with Crippen LogP contribution in [0, 0.1) is 0 Å². The summed E-state index contributed by atoms with van der Waals surface area (Å²) in [5.41, 5.74) is 0.435. The van der Waals surface area contributed by atoms with Crippen LogP contribution in [0.25, 0.3) is 0 Å². The molecule has 0 saturated carbocycles. The second kappa shape index (κ2) is 3.55. The van der Waals surface area contributed by atoms with Gasteiger partial charge in [-0.05, 0) is 6.07 Å². The van der Waals surface area contributed by atoms with Crippen LogP contribution < -0.4 is 0 Å². The second-order valence-corrected chi connectivity index (χ2v) is 1.93. The first-order chi connectivity index (χ1) is 5.38. The molecule has 56 valence electrons. The Morgan fingerprint density at radius 3 is 2.55 bits per heavy atom. The van der Waals surface area contributed by atoms with Crippen LogP contribution >= 0.6 is 0 Å². The maximum atomic E-state index is 10.2. The molecule has 0 radical (unpaired) electrons. The Balaban J connectivity index is 2.90. The zero-order valence-corrected chi connectivity index (χ0v) is 5.68. The second-order valence-electron chi connectivity index (χ2n) is 1.93. The van der Waals surface area contributed by atoms with Crippen molar-refractivity contribution in [2.45, 2.75) is 5.92 Å². The monoisotopic (exact) mass is 150 g/mol. The van der Waals surface area contributed by atoms with Crippen molar-refractivity contribution in [1.29, 1.82) is 0 Å². The largest absolute Gasteiger partial charge is 0.302 e. The summed E-state index contributed by atoms with van der Waals surface area (Å²) < 4.78 is 0. The van der Waals surface area contributed by atoms with Crippen molar-refractivity contribution in [1.82, 2.24) is 9.97 Å². The van der Waals surface area contributed by atoms with E-state index < -0.39 is 5.92 Å². The molecule has 0 fully saturated rings. The van der Waals surface area contributed by atoms with Crippen LogP contribution in [0.5, 0.6) is 0 Å². The lowest BCUT2D eigenvalue weighted by Crippen LogP contribution is -2.03. The van der Waals surface area contributed by atoms with E-state index in [1.54, 1.807) is 0 Å². The van der Waals surface area contributed by atoms with Gasteiger partial charge in [0, 0.05) is 6.20 Å². The predicted octanol–water partition coefficient (Wildman–Crippen LogP) is -0.0420. The van der Waals surface area contributed by atoms with Gasteiger partial charge < -0.3 is 9.59 Å². The van der Waals surface area contributed by atoms with Gasteiger partial charge >= 0.3 is 0 Å². The molecule has 0 N–H and O–H groups in total. The first kappa shape index (κ1) is 7.53. The van der Waals surface area contributed by atoms with Crippen molar-refractivity contribution < 1.29 is 9.59 Å². The maximum Gasteiger partial charge on any atom is 0.136 e. The van der Waals surface area contributed by atoms with Crippen molar-refractivity contribution >= 4 is 12.6 Å². The average Bonchev–Trinajstić information content (AvgIpc) is 2.09. The van der Waals surface area contributed by atoms with Crippen LogP contribution in [0.2, 0.25) is 0 Å². The van der Waals surface area contributed by atoms with E-state index in [1.165, 1.54) is 18.6 Å². The fourth-order valence-electron chi connectivity index (χ4n) is 0.670. The Kier molecular flexibility index (Phi) is 2.43. The lowest BCUT2D eigenvalue weighted by atomic mass is 10.1. The Bertz CT molecular complexity index is 240. The third-order valence-electron chi connectivity index (χ3n) is 1.24. The number of hydrogen-bond acceptors (Lipinski definition) is 4. The average molecular weight is 150 g/mol. The quantitative estimate of drug-likeness (QED) is 0.448. The van der Waals surface area contributed by atoms with Gasteiger partial charge in [0.25, 0.3) is 0 Å². The fourth-order valence-corrected chi connectivity index (χ4v) is 0.670. The van der Waals surface area contributed by atoms with E-state index in [9.17, 15) is 9.59 Å². The van der Waals surface area contributed by atoms with E-state index in [1.807, 2.05) is 0 Å². The molecule has 0 aromatic carbocycles. The van der Waals surface area contributed by atoms with E-state index in [0.717, 1.165) is 0 Å². The topological polar surface area (TPSA) is 59.9 Å². The van der Waals surface area contributed by atoms with Crippen LogP contribution in [0.3, 0.4) is 0 Å². The highest BCUT2D eigenvalue weighted by Crippen LogP contribution is 2.04. The first-order valence-corrected chi connectivity index (χ1v) is 3.05. The molecule has 0 aliphatic carbocycles. The summed E-state index contributed by atoms with van der Waals surface area (Å²) in [4.78, 5) is 27.9. The van der Waals surface area contributed by atoms with E-state index in [0.29, 0.717) is 18.3 Å². The van der Waals surface area contributed by atoms with Crippen LogP contribution in [-0.4, -0.2) is 22.5 Å². The number of nitrogens with zero attached hydrogens (tertiary/aromatic N) is 2. The number of aromatic nitrogens is 2. The molecule has 0 aliphatic rings. The van der Waals surface area contributed by atoms with Crippen LogP contribution in [-0.2, 0) is 9.59 Å². The Morgan fingerprint density at radius 2 is 2.09 bits per heavy atom. The van der Waals surface area contributed by atoms with Gasteiger partial charge in [0.15, 0.2) is 0 Å². The lowest BCUT2D eigenvalue weighted by Gasteiger charge is -1.97. The highest BCUT2D eigenvalue weighted by Gasteiger charge is 2.08. The Hall–Kier alpha value is -1.58. The summed E-state index contributed by atoms with van der Waals surface area (Å²) in [5.74, 6) is -0.752. The minimum Gasteiger partial charge on any atom is -0.302 e. The third-order valence-corrected chi connectivity index (χ3v) is 1.24. The lowest BCUT2D eigenvalue weighted by molar-refractivity contribution is -0.116. The SMILES string of the molecule is O=CC(C=O)c1ccncn1. The van der Waals surface area contributed by atoms with Gasteiger partial charge in [0.1, 0.15) is 24.8 Å². The van der Waals surface area contributed by atoms with Gasteiger partial charge in [-0.3, -0.25) is 0 Å². The normalized spacial score (nSPS) is 9.55. The summed E-state index contributed by atoms with van der Waals surface area (Å²) in [6.45, 7) is 0. The molecular weight excluding hydrogens is 144 g/mol. The minimum absolute atomic E-state index is 0.435. The van der Waals surface area contributed by atoms with Gasteiger partial charge in [-0.25, -0.2) is 9.97 Å². The summed E-state index contributed by atoms with van der Waals surface area (Å²) in [5, 5.41) is 0. The number of carbonyl (C=O) groups is 2. The van der Waals surface area contributed by atoms with Gasteiger partial charge in [-0.2, -0.15) is 0 Å². The zero-order chi connectivity index (χ0) is 8.10. The number of rotatable bonds is 3. The van der Waals surface area contributed by atoms with Gasteiger partial charge in [0.2, 0.25) is 0 Å². The smallest absolute Gasteiger partial charge is 0.136 e. The van der Waals surface area contributed by atoms with Crippen molar-refractivity contribution in [2.75, 3.05) is 0 Å². The van der Waals surface area contributed by atoms with E-state index in [2.05, 4.69) is 9.97 Å². The number of carbonyl (C=O) groups excluding carboxylic acids is 2. The molecule has 0 aliphatic heterocycles. The molecule has 0 bridgehead atoms. The van der Waals surface area contributed by atoms with Crippen molar-refractivity contribution in [3.63, 3.8) is 0 Å². The summed E-state index contributed by atoms with van der Waals surface area (Å²) in [7, 11) is 0. The molecule has 4 heteroatoms. The van der Waals surface area contributed by atoms with Gasteiger partial charge in [-0.15, -0.1) is 0 Å². The predicted molar refractivity (Wildman–Crippen MR) is 36.9 cm³/mol. The molecule has 0 spiro atoms. The van der Waals surface area contributed by atoms with E-state index in [-0.39, 0.29) is 0 Å². The zero-order valence-electron chi connectivity index (χ0n) is 5.68. The molecule has 1 heterocycles. The van der Waals surface area contributed by atoms with Gasteiger partial charge in [-0.1, -0.05) is 0 Å². The molecule has 4 nitrogen and oxygen atoms in total. The Morgan fingerprint density at radius 1 is 1.36 bits per heavy atom. The number of aldehydes is 2. The molecule has 11 heavy (non-hydrogen) atoms. The maximum absolute atomic E-state index is 10.2. The summed E-state index contributed by atoms with van der Waals surface area (Å²) in [6.07, 6.45) is 3.89. The molecular formula is C7H6N2O2. The standard InChI is InChI=1S/C7H6N2O2/c10-3-6(4-11)7-1-2-8-5-9-7/h1-6H. The van der Waals surface area contributed by atoms with Crippen molar-refractivity contribution in [3.05, 3.63) is 24.3 Å². The molecule has 0 saturated heterocycles. The molecule has 1 aromatic heterocycles. The first-order valence-electron chi connectivity index (χ1n) is 3.05. The third kappa shape index (κ3) is 1.67. The summed E-state index contributed by atoms with van der Waals surface area (Å²) in [6, 6.07) is 1.54.